The molecule has 20 heavy (non-hydrogen) atoms. The molecule has 0 spiro atoms. The number of ether oxygens (including phenoxy) is 2. The number of hydrogen-bond donors (Lipinski definition) is 2. The SMILES string of the molecule is CCOc1c(Br)cc(C(=O)N[C@H](C)C(=O)O)cc1OC. The molecule has 1 atom stereocenters. The molecule has 0 aromatic heterocycles. The molecule has 1 aromatic carbocycles. The smallest absolute Gasteiger partial charge is 0.325 e. The Bertz CT molecular complexity index is 518. The first kappa shape index (κ1) is 16.3. The van der Waals surface area contributed by atoms with Gasteiger partial charge < -0.3 is 19.9 Å². The van der Waals surface area contributed by atoms with E-state index in [9.17, 15) is 9.59 Å². The molecule has 0 saturated heterocycles. The second-order valence-electron chi connectivity index (χ2n) is 3.96. The summed E-state index contributed by atoms with van der Waals surface area (Å²) in [5.74, 6) is -0.704. The Hall–Kier alpha value is -1.76. The highest BCUT2D eigenvalue weighted by molar-refractivity contribution is 9.10. The Morgan fingerprint density at radius 3 is 2.60 bits per heavy atom. The van der Waals surface area contributed by atoms with Crippen LogP contribution in [0.3, 0.4) is 0 Å². The summed E-state index contributed by atoms with van der Waals surface area (Å²) >= 11 is 3.30. The minimum atomic E-state index is -1.10. The zero-order chi connectivity index (χ0) is 15.3. The first-order valence-corrected chi connectivity index (χ1v) is 6.74. The molecule has 0 aliphatic heterocycles. The Kier molecular flexibility index (Phi) is 5.82. The third-order valence-corrected chi connectivity index (χ3v) is 3.09. The van der Waals surface area contributed by atoms with Gasteiger partial charge in [-0.2, -0.15) is 0 Å². The van der Waals surface area contributed by atoms with Gasteiger partial charge in [0.1, 0.15) is 6.04 Å². The second-order valence-corrected chi connectivity index (χ2v) is 4.81. The number of benzene rings is 1. The molecular formula is C13H16BrNO5. The monoisotopic (exact) mass is 345 g/mol. The topological polar surface area (TPSA) is 84.9 Å². The van der Waals surface area contributed by atoms with Crippen LogP contribution in [0.2, 0.25) is 0 Å². The molecule has 0 bridgehead atoms. The first-order valence-electron chi connectivity index (χ1n) is 5.94. The Balaban J connectivity index is 3.05. The van der Waals surface area contributed by atoms with E-state index < -0.39 is 17.9 Å². The summed E-state index contributed by atoms with van der Waals surface area (Å²) in [6, 6.07) is 2.08. The van der Waals surface area contributed by atoms with Crippen molar-refractivity contribution in [3.63, 3.8) is 0 Å². The lowest BCUT2D eigenvalue weighted by Crippen LogP contribution is -2.38. The van der Waals surface area contributed by atoms with E-state index in [4.69, 9.17) is 14.6 Å². The Morgan fingerprint density at radius 1 is 1.45 bits per heavy atom. The van der Waals surface area contributed by atoms with Gasteiger partial charge in [0, 0.05) is 5.56 Å². The summed E-state index contributed by atoms with van der Waals surface area (Å²) in [5.41, 5.74) is 0.283. The maximum atomic E-state index is 12.0. The van der Waals surface area contributed by atoms with E-state index in [2.05, 4.69) is 21.2 Å². The minimum absolute atomic E-state index is 0.283. The molecule has 2 N–H and O–H groups in total. The fourth-order valence-corrected chi connectivity index (χ4v) is 2.03. The van der Waals surface area contributed by atoms with Crippen LogP contribution in [0.5, 0.6) is 11.5 Å². The fourth-order valence-electron chi connectivity index (χ4n) is 1.48. The molecule has 0 saturated carbocycles. The normalized spacial score (nSPS) is 11.6. The third kappa shape index (κ3) is 3.86. The standard InChI is InChI=1S/C13H16BrNO5/c1-4-20-11-9(14)5-8(6-10(11)19-3)12(16)15-7(2)13(17)18/h5-7H,4H2,1-3H3,(H,15,16)(H,17,18)/t7-/m1/s1. The van der Waals surface area contributed by atoms with Crippen molar-refractivity contribution in [2.45, 2.75) is 19.9 Å². The van der Waals surface area contributed by atoms with E-state index >= 15 is 0 Å². The highest BCUT2D eigenvalue weighted by atomic mass is 79.9. The van der Waals surface area contributed by atoms with Crippen molar-refractivity contribution in [2.75, 3.05) is 13.7 Å². The van der Waals surface area contributed by atoms with Crippen LogP contribution >= 0.6 is 15.9 Å². The summed E-state index contributed by atoms with van der Waals surface area (Å²) < 4.78 is 11.1. The molecule has 7 heteroatoms. The second kappa shape index (κ2) is 7.14. The van der Waals surface area contributed by atoms with E-state index in [0.717, 1.165) is 0 Å². The number of nitrogens with one attached hydrogen (secondary N) is 1. The van der Waals surface area contributed by atoms with Gasteiger partial charge in [-0.25, -0.2) is 0 Å². The number of amides is 1. The Labute approximate surface area is 125 Å². The molecule has 0 radical (unpaired) electrons. The predicted octanol–water partition coefficient (Wildman–Crippen LogP) is 2.06. The number of aliphatic carboxylic acids is 1. The van der Waals surface area contributed by atoms with Gasteiger partial charge in [-0.3, -0.25) is 9.59 Å². The number of carboxylic acids is 1. The number of halogens is 1. The minimum Gasteiger partial charge on any atom is -0.493 e. The molecule has 1 rings (SSSR count). The van der Waals surface area contributed by atoms with Crippen molar-refractivity contribution in [1.82, 2.24) is 5.32 Å². The van der Waals surface area contributed by atoms with Crippen LogP contribution in [0.4, 0.5) is 0 Å². The zero-order valence-electron chi connectivity index (χ0n) is 11.4. The lowest BCUT2D eigenvalue weighted by molar-refractivity contribution is -0.138. The quantitative estimate of drug-likeness (QED) is 0.824. The van der Waals surface area contributed by atoms with Crippen LogP contribution in [0.1, 0.15) is 24.2 Å². The van der Waals surface area contributed by atoms with Gasteiger partial charge in [0.2, 0.25) is 0 Å². The van der Waals surface area contributed by atoms with Crippen molar-refractivity contribution in [1.29, 1.82) is 0 Å². The molecular weight excluding hydrogens is 330 g/mol. The van der Waals surface area contributed by atoms with Gasteiger partial charge in [0.15, 0.2) is 11.5 Å². The van der Waals surface area contributed by atoms with Gasteiger partial charge in [0.25, 0.3) is 5.91 Å². The third-order valence-electron chi connectivity index (χ3n) is 2.50. The maximum absolute atomic E-state index is 12.0. The number of hydrogen-bond acceptors (Lipinski definition) is 4. The largest absolute Gasteiger partial charge is 0.493 e. The van der Waals surface area contributed by atoms with E-state index in [1.165, 1.54) is 20.1 Å². The summed E-state index contributed by atoms with van der Waals surface area (Å²) in [6.07, 6.45) is 0. The zero-order valence-corrected chi connectivity index (χ0v) is 13.0. The number of rotatable bonds is 6. The van der Waals surface area contributed by atoms with Crippen LogP contribution in [-0.2, 0) is 4.79 Å². The van der Waals surface area contributed by atoms with E-state index in [1.807, 2.05) is 6.92 Å². The van der Waals surface area contributed by atoms with Crippen LogP contribution in [-0.4, -0.2) is 36.7 Å². The van der Waals surface area contributed by atoms with Gasteiger partial charge in [0.05, 0.1) is 18.2 Å². The van der Waals surface area contributed by atoms with Crippen LogP contribution in [0, 0.1) is 0 Å². The van der Waals surface area contributed by atoms with Crippen molar-refractivity contribution in [2.24, 2.45) is 0 Å². The van der Waals surface area contributed by atoms with Crippen LogP contribution < -0.4 is 14.8 Å². The molecule has 0 heterocycles. The first-order chi connectivity index (χ1) is 9.40. The van der Waals surface area contributed by atoms with Crippen molar-refractivity contribution >= 4 is 27.8 Å². The van der Waals surface area contributed by atoms with Crippen LogP contribution in [0.15, 0.2) is 16.6 Å². The molecule has 0 aliphatic carbocycles. The van der Waals surface area contributed by atoms with Gasteiger partial charge >= 0.3 is 5.97 Å². The Morgan fingerprint density at radius 2 is 2.10 bits per heavy atom. The molecule has 1 aromatic rings. The van der Waals surface area contributed by atoms with Crippen molar-refractivity contribution < 1.29 is 24.2 Å². The molecule has 0 aliphatic rings. The van der Waals surface area contributed by atoms with E-state index in [1.54, 1.807) is 6.07 Å². The van der Waals surface area contributed by atoms with Gasteiger partial charge in [-0.1, -0.05) is 0 Å². The van der Waals surface area contributed by atoms with Crippen molar-refractivity contribution in [3.8, 4) is 11.5 Å². The van der Waals surface area contributed by atoms with E-state index in [0.29, 0.717) is 22.6 Å². The lowest BCUT2D eigenvalue weighted by Gasteiger charge is -2.14. The number of carbonyl (C=O) groups is 2. The molecule has 0 fully saturated rings. The molecule has 1 amide bonds. The van der Waals surface area contributed by atoms with Crippen LogP contribution in [0.25, 0.3) is 0 Å². The summed E-state index contributed by atoms with van der Waals surface area (Å²) in [7, 11) is 1.46. The maximum Gasteiger partial charge on any atom is 0.325 e. The molecule has 110 valence electrons. The number of carbonyl (C=O) groups excluding carboxylic acids is 1. The van der Waals surface area contributed by atoms with Gasteiger partial charge in [-0.15, -0.1) is 0 Å². The summed E-state index contributed by atoms with van der Waals surface area (Å²) in [5, 5.41) is 11.1. The summed E-state index contributed by atoms with van der Waals surface area (Å²) in [4.78, 5) is 22.7. The highest BCUT2D eigenvalue weighted by Crippen LogP contribution is 2.36. The predicted molar refractivity (Wildman–Crippen MR) is 76.4 cm³/mol. The van der Waals surface area contributed by atoms with Crippen molar-refractivity contribution in [3.05, 3.63) is 22.2 Å². The average Bonchev–Trinajstić information content (AvgIpc) is 2.40. The molecule has 6 nitrogen and oxygen atoms in total. The molecule has 0 unspecified atom stereocenters. The summed E-state index contributed by atoms with van der Waals surface area (Å²) in [6.45, 7) is 3.68. The van der Waals surface area contributed by atoms with E-state index in [-0.39, 0.29) is 5.56 Å². The fraction of sp³-hybridized carbons (Fsp3) is 0.385. The number of carboxylic acid groups (broad SMARTS) is 1. The lowest BCUT2D eigenvalue weighted by atomic mass is 10.1. The van der Waals surface area contributed by atoms with Gasteiger partial charge in [-0.05, 0) is 41.9 Å². The number of methoxy groups -OCH3 is 1. The highest BCUT2D eigenvalue weighted by Gasteiger charge is 2.19. The average molecular weight is 346 g/mol.